The summed E-state index contributed by atoms with van der Waals surface area (Å²) in [4.78, 5) is 14.7. The number of hydrogen-bond acceptors (Lipinski definition) is 4. The van der Waals surface area contributed by atoms with Gasteiger partial charge in [0.1, 0.15) is 0 Å². The topological polar surface area (TPSA) is 67.6 Å². The molecule has 2 fully saturated rings. The molecule has 1 aromatic rings. The van der Waals surface area contributed by atoms with Gasteiger partial charge in [-0.15, -0.1) is 0 Å². The molecule has 1 aromatic heterocycles. The zero-order valence-corrected chi connectivity index (χ0v) is 14.2. The van der Waals surface area contributed by atoms with E-state index in [4.69, 9.17) is 4.74 Å². The summed E-state index contributed by atoms with van der Waals surface area (Å²) in [5.41, 5.74) is 0.270. The molecule has 2 aliphatic rings. The van der Waals surface area contributed by atoms with E-state index in [1.165, 1.54) is 0 Å². The van der Waals surface area contributed by atoms with Crippen molar-refractivity contribution in [1.82, 2.24) is 14.7 Å². The Labute approximate surface area is 137 Å². The summed E-state index contributed by atoms with van der Waals surface area (Å²) < 4.78 is 7.78. The molecule has 1 amide bonds. The van der Waals surface area contributed by atoms with E-state index in [9.17, 15) is 9.90 Å². The van der Waals surface area contributed by atoms with Crippen molar-refractivity contribution in [3.63, 3.8) is 0 Å². The lowest BCUT2D eigenvalue weighted by atomic mass is 9.82. The molecule has 3 heterocycles. The van der Waals surface area contributed by atoms with Crippen LogP contribution in [-0.2, 0) is 16.1 Å². The lowest BCUT2D eigenvalue weighted by Crippen LogP contribution is -2.59. The minimum atomic E-state index is -0.721. The number of hydrogen-bond donors (Lipinski definition) is 1. The molecule has 0 bridgehead atoms. The Morgan fingerprint density at radius 1 is 1.48 bits per heavy atom. The zero-order chi connectivity index (χ0) is 16.6. The van der Waals surface area contributed by atoms with Gasteiger partial charge in [-0.2, -0.15) is 5.10 Å². The van der Waals surface area contributed by atoms with Crippen molar-refractivity contribution in [2.75, 3.05) is 19.7 Å². The third-order valence-corrected chi connectivity index (χ3v) is 5.14. The molecule has 23 heavy (non-hydrogen) atoms. The molecular formula is C17H27N3O3. The average Bonchev–Trinajstić information content (AvgIpc) is 2.93. The number of likely N-dealkylation sites (tertiary alicyclic amines) is 1. The second kappa shape index (κ2) is 6.24. The van der Waals surface area contributed by atoms with Crippen LogP contribution in [0.3, 0.4) is 0 Å². The van der Waals surface area contributed by atoms with Gasteiger partial charge in [0.25, 0.3) is 0 Å². The number of amides is 1. The Bertz CT molecular complexity index is 558. The van der Waals surface area contributed by atoms with Crippen molar-refractivity contribution in [3.8, 4) is 0 Å². The van der Waals surface area contributed by atoms with Gasteiger partial charge >= 0.3 is 0 Å². The van der Waals surface area contributed by atoms with Crippen molar-refractivity contribution in [3.05, 3.63) is 18.0 Å². The van der Waals surface area contributed by atoms with Crippen LogP contribution in [0.1, 0.15) is 45.3 Å². The minimum Gasteiger partial charge on any atom is -0.390 e. The molecule has 0 aromatic carbocycles. The van der Waals surface area contributed by atoms with Gasteiger partial charge in [0.05, 0.1) is 23.8 Å². The van der Waals surface area contributed by atoms with Crippen molar-refractivity contribution < 1.29 is 14.6 Å². The van der Waals surface area contributed by atoms with Crippen LogP contribution in [0.25, 0.3) is 0 Å². The smallest absolute Gasteiger partial charge is 0.228 e. The maximum atomic E-state index is 12.9. The monoisotopic (exact) mass is 321 g/mol. The van der Waals surface area contributed by atoms with Crippen LogP contribution in [0.5, 0.6) is 0 Å². The Kier molecular flexibility index (Phi) is 4.47. The van der Waals surface area contributed by atoms with E-state index in [1.54, 1.807) is 0 Å². The number of ether oxygens (including phenoxy) is 1. The number of nitrogens with zero attached hydrogens (tertiary/aromatic N) is 3. The standard InChI is InChI=1S/C17H27N3O3/c1-4-20-9-12(8-18-20)15-14(6-5-7-23-15)16(21)19-10-13(11-19)17(2,3)22/h8-9,13-15,22H,4-7,10-11H2,1-3H3/t14-,15+/m1/s1. The SMILES string of the molecule is CCn1cc([C@@H]2OCCC[C@H]2C(=O)N2CC(C(C)(C)O)C2)cn1. The number of carbonyl (C=O) groups is 1. The molecule has 0 saturated carbocycles. The van der Waals surface area contributed by atoms with Crippen LogP contribution >= 0.6 is 0 Å². The molecule has 6 nitrogen and oxygen atoms in total. The maximum Gasteiger partial charge on any atom is 0.228 e. The number of aryl methyl sites for hydroxylation is 1. The summed E-state index contributed by atoms with van der Waals surface area (Å²) in [7, 11) is 0. The van der Waals surface area contributed by atoms with Crippen LogP contribution < -0.4 is 0 Å². The quantitative estimate of drug-likeness (QED) is 0.915. The molecule has 2 saturated heterocycles. The summed E-state index contributed by atoms with van der Waals surface area (Å²) in [5, 5.41) is 14.3. The molecule has 2 atom stereocenters. The van der Waals surface area contributed by atoms with Gasteiger partial charge < -0.3 is 14.7 Å². The second-order valence-corrected chi connectivity index (χ2v) is 7.26. The third kappa shape index (κ3) is 3.28. The molecule has 1 N–H and O–H groups in total. The molecule has 128 valence electrons. The van der Waals surface area contributed by atoms with Gasteiger partial charge in [-0.05, 0) is 33.6 Å². The average molecular weight is 321 g/mol. The highest BCUT2D eigenvalue weighted by Gasteiger charge is 2.44. The first kappa shape index (κ1) is 16.5. The predicted octanol–water partition coefficient (Wildman–Crippen LogP) is 1.60. The third-order valence-electron chi connectivity index (χ3n) is 5.14. The molecular weight excluding hydrogens is 294 g/mol. The van der Waals surface area contributed by atoms with Crippen molar-refractivity contribution >= 4 is 5.91 Å². The van der Waals surface area contributed by atoms with E-state index in [0.717, 1.165) is 24.9 Å². The van der Waals surface area contributed by atoms with E-state index in [2.05, 4.69) is 5.10 Å². The zero-order valence-electron chi connectivity index (χ0n) is 14.2. The van der Waals surface area contributed by atoms with Crippen LogP contribution in [0.15, 0.2) is 12.4 Å². The fraction of sp³-hybridized carbons (Fsp3) is 0.765. The fourth-order valence-corrected chi connectivity index (χ4v) is 3.40. The van der Waals surface area contributed by atoms with Crippen LogP contribution in [0.2, 0.25) is 0 Å². The molecule has 0 aliphatic carbocycles. The van der Waals surface area contributed by atoms with Crippen molar-refractivity contribution in [1.29, 1.82) is 0 Å². The Morgan fingerprint density at radius 3 is 2.83 bits per heavy atom. The predicted molar refractivity (Wildman–Crippen MR) is 85.7 cm³/mol. The van der Waals surface area contributed by atoms with E-state index >= 15 is 0 Å². The molecule has 3 rings (SSSR count). The molecule has 0 spiro atoms. The summed E-state index contributed by atoms with van der Waals surface area (Å²) in [5.74, 6) is 0.178. The highest BCUT2D eigenvalue weighted by Crippen LogP contribution is 2.37. The summed E-state index contributed by atoms with van der Waals surface area (Å²) in [6.07, 6.45) is 5.36. The first-order valence-electron chi connectivity index (χ1n) is 8.55. The van der Waals surface area contributed by atoms with E-state index in [1.807, 2.05) is 42.7 Å². The largest absolute Gasteiger partial charge is 0.390 e. The Hall–Kier alpha value is -1.40. The van der Waals surface area contributed by atoms with Gasteiger partial charge in [0.15, 0.2) is 0 Å². The van der Waals surface area contributed by atoms with Gasteiger partial charge in [-0.25, -0.2) is 0 Å². The second-order valence-electron chi connectivity index (χ2n) is 7.26. The van der Waals surface area contributed by atoms with Gasteiger partial charge in [0.2, 0.25) is 5.91 Å². The molecule has 6 heteroatoms. The van der Waals surface area contributed by atoms with Crippen LogP contribution in [-0.4, -0.2) is 51.0 Å². The highest BCUT2D eigenvalue weighted by molar-refractivity contribution is 5.80. The maximum absolute atomic E-state index is 12.9. The molecule has 0 radical (unpaired) electrons. The minimum absolute atomic E-state index is 0.138. The summed E-state index contributed by atoms with van der Waals surface area (Å²) in [6.45, 7) is 8.44. The lowest BCUT2D eigenvalue weighted by Gasteiger charge is -2.47. The molecule has 0 unspecified atom stereocenters. The van der Waals surface area contributed by atoms with E-state index < -0.39 is 5.60 Å². The van der Waals surface area contributed by atoms with Crippen molar-refractivity contribution in [2.45, 2.75) is 51.9 Å². The normalized spacial score (nSPS) is 26.2. The van der Waals surface area contributed by atoms with Gasteiger partial charge in [0, 0.05) is 43.9 Å². The molecule has 2 aliphatic heterocycles. The van der Waals surface area contributed by atoms with Crippen molar-refractivity contribution in [2.24, 2.45) is 11.8 Å². The lowest BCUT2D eigenvalue weighted by molar-refractivity contribution is -0.158. The van der Waals surface area contributed by atoms with Crippen LogP contribution in [0.4, 0.5) is 0 Å². The fourth-order valence-electron chi connectivity index (χ4n) is 3.40. The first-order chi connectivity index (χ1) is 10.9. The summed E-state index contributed by atoms with van der Waals surface area (Å²) in [6, 6.07) is 0. The van der Waals surface area contributed by atoms with Gasteiger partial charge in [-0.3, -0.25) is 9.48 Å². The van der Waals surface area contributed by atoms with E-state index in [0.29, 0.717) is 19.7 Å². The van der Waals surface area contributed by atoms with Crippen LogP contribution in [0, 0.1) is 11.8 Å². The van der Waals surface area contributed by atoms with Gasteiger partial charge in [-0.1, -0.05) is 0 Å². The number of carbonyl (C=O) groups excluding carboxylic acids is 1. The number of aromatic nitrogens is 2. The number of aliphatic hydroxyl groups is 1. The number of rotatable bonds is 4. The van der Waals surface area contributed by atoms with E-state index in [-0.39, 0.29) is 23.8 Å². The Balaban J connectivity index is 1.68. The highest BCUT2D eigenvalue weighted by atomic mass is 16.5. The first-order valence-corrected chi connectivity index (χ1v) is 8.55. The Morgan fingerprint density at radius 2 is 2.22 bits per heavy atom. The summed E-state index contributed by atoms with van der Waals surface area (Å²) >= 11 is 0.